The topological polar surface area (TPSA) is 57.6 Å². The van der Waals surface area contributed by atoms with Crippen LogP contribution >= 0.6 is 0 Å². The van der Waals surface area contributed by atoms with Crippen LogP contribution in [0.15, 0.2) is 0 Å². The van der Waals surface area contributed by atoms with Gasteiger partial charge in [-0.2, -0.15) is 0 Å². The lowest BCUT2D eigenvalue weighted by atomic mass is 10.0. The molecule has 0 bridgehead atoms. The van der Waals surface area contributed by atoms with Crippen molar-refractivity contribution in [2.75, 3.05) is 13.2 Å². The second-order valence-electron chi connectivity index (χ2n) is 3.98. The van der Waals surface area contributed by atoms with Gasteiger partial charge in [-0.05, 0) is 19.3 Å². The van der Waals surface area contributed by atoms with Crippen molar-refractivity contribution in [3.05, 3.63) is 0 Å². The van der Waals surface area contributed by atoms with E-state index in [2.05, 4.69) is 0 Å². The summed E-state index contributed by atoms with van der Waals surface area (Å²) >= 11 is 0. The number of carbonyl (C=O) groups excluding carboxylic acids is 2. The van der Waals surface area contributed by atoms with Gasteiger partial charge in [0.25, 0.3) is 0 Å². The van der Waals surface area contributed by atoms with Gasteiger partial charge in [-0.25, -0.2) is 0 Å². The average molecular weight is 199 g/mol. The summed E-state index contributed by atoms with van der Waals surface area (Å²) in [6.07, 6.45) is 0.873. The molecule has 1 heterocycles. The number of ketones is 1. The van der Waals surface area contributed by atoms with Crippen LogP contribution in [0.1, 0.15) is 26.7 Å². The Morgan fingerprint density at radius 3 is 2.64 bits per heavy atom. The zero-order chi connectivity index (χ0) is 10.7. The average Bonchev–Trinajstić information content (AvgIpc) is 2.45. The molecule has 1 rings (SSSR count). The van der Waals surface area contributed by atoms with E-state index in [4.69, 9.17) is 5.11 Å². The van der Waals surface area contributed by atoms with Crippen molar-refractivity contribution in [3.63, 3.8) is 0 Å². The number of rotatable bonds is 3. The maximum atomic E-state index is 11.6. The monoisotopic (exact) mass is 199 g/mol. The first-order valence-electron chi connectivity index (χ1n) is 4.96. The molecule has 1 fully saturated rings. The fraction of sp³-hybridized carbons (Fsp3) is 0.800. The predicted molar refractivity (Wildman–Crippen MR) is 51.7 cm³/mol. The van der Waals surface area contributed by atoms with Crippen molar-refractivity contribution in [2.45, 2.75) is 32.7 Å². The molecule has 1 aliphatic heterocycles. The van der Waals surface area contributed by atoms with E-state index >= 15 is 0 Å². The molecule has 1 aliphatic rings. The van der Waals surface area contributed by atoms with Crippen molar-refractivity contribution < 1.29 is 14.7 Å². The molecule has 1 amide bonds. The van der Waals surface area contributed by atoms with Crippen LogP contribution in [0.25, 0.3) is 0 Å². The number of aliphatic hydroxyl groups excluding tert-OH is 1. The normalized spacial score (nSPS) is 26.6. The summed E-state index contributed by atoms with van der Waals surface area (Å²) in [7, 11) is 0. The molecule has 0 aliphatic carbocycles. The Hall–Kier alpha value is -0.900. The highest BCUT2D eigenvalue weighted by molar-refractivity contribution is 5.97. The Morgan fingerprint density at radius 1 is 1.50 bits per heavy atom. The van der Waals surface area contributed by atoms with Crippen LogP contribution in [0.2, 0.25) is 0 Å². The lowest BCUT2D eigenvalue weighted by Gasteiger charge is -2.24. The minimum atomic E-state index is -0.152. The third kappa shape index (κ3) is 2.32. The van der Waals surface area contributed by atoms with Crippen molar-refractivity contribution in [3.8, 4) is 0 Å². The Labute approximate surface area is 83.9 Å². The molecular weight excluding hydrogens is 182 g/mol. The number of hydrogen-bond donors (Lipinski definition) is 1. The van der Waals surface area contributed by atoms with Crippen LogP contribution in [0.3, 0.4) is 0 Å². The lowest BCUT2D eigenvalue weighted by molar-refractivity contribution is -0.136. The molecule has 0 aromatic carbocycles. The number of likely N-dealkylation sites (tertiary alicyclic amines) is 1. The quantitative estimate of drug-likeness (QED) is 0.660. The number of amides is 1. The van der Waals surface area contributed by atoms with Gasteiger partial charge in [0.15, 0.2) is 0 Å². The molecule has 1 N–H and O–H groups in total. The van der Waals surface area contributed by atoms with Gasteiger partial charge in [0.2, 0.25) is 5.91 Å². The fourth-order valence-electron chi connectivity index (χ4n) is 1.91. The van der Waals surface area contributed by atoms with Crippen LogP contribution in [0, 0.1) is 5.92 Å². The third-order valence-corrected chi connectivity index (χ3v) is 2.79. The van der Waals surface area contributed by atoms with Gasteiger partial charge in [-0.3, -0.25) is 9.59 Å². The van der Waals surface area contributed by atoms with Gasteiger partial charge in [0.1, 0.15) is 5.78 Å². The molecule has 4 nitrogen and oxygen atoms in total. The first kappa shape index (κ1) is 11.2. The molecule has 4 heteroatoms. The Balaban J connectivity index is 2.59. The zero-order valence-electron chi connectivity index (χ0n) is 8.69. The minimum Gasteiger partial charge on any atom is -0.394 e. The summed E-state index contributed by atoms with van der Waals surface area (Å²) < 4.78 is 0. The molecule has 80 valence electrons. The van der Waals surface area contributed by atoms with Crippen LogP contribution in [-0.4, -0.2) is 40.9 Å². The van der Waals surface area contributed by atoms with Gasteiger partial charge in [0, 0.05) is 6.54 Å². The van der Waals surface area contributed by atoms with E-state index in [0.717, 1.165) is 6.42 Å². The molecule has 0 spiro atoms. The summed E-state index contributed by atoms with van der Waals surface area (Å²) in [5, 5.41) is 9.11. The van der Waals surface area contributed by atoms with Gasteiger partial charge >= 0.3 is 0 Å². The van der Waals surface area contributed by atoms with Crippen LogP contribution in [0.4, 0.5) is 0 Å². The second-order valence-corrected chi connectivity index (χ2v) is 3.98. The Morgan fingerprint density at radius 2 is 2.14 bits per heavy atom. The van der Waals surface area contributed by atoms with E-state index in [1.54, 1.807) is 4.90 Å². The number of aliphatic hydroxyl groups is 1. The first-order chi connectivity index (χ1) is 6.56. The van der Waals surface area contributed by atoms with E-state index in [0.29, 0.717) is 12.5 Å². The highest BCUT2D eigenvalue weighted by Gasteiger charge is 2.33. The van der Waals surface area contributed by atoms with Gasteiger partial charge in [-0.1, -0.05) is 6.92 Å². The number of carbonyl (C=O) groups is 2. The predicted octanol–water partition coefficient (Wildman–Crippen LogP) is 0.195. The molecule has 2 atom stereocenters. The van der Waals surface area contributed by atoms with Crippen molar-refractivity contribution in [2.24, 2.45) is 5.92 Å². The largest absolute Gasteiger partial charge is 0.394 e. The molecule has 1 saturated heterocycles. The van der Waals surface area contributed by atoms with Crippen molar-refractivity contribution in [1.29, 1.82) is 0 Å². The summed E-state index contributed by atoms with van der Waals surface area (Å²) in [5.74, 6) is 0.0584. The van der Waals surface area contributed by atoms with Gasteiger partial charge in [0.05, 0.1) is 19.1 Å². The van der Waals surface area contributed by atoms with E-state index in [9.17, 15) is 9.59 Å². The minimum absolute atomic E-state index is 0.00912. The standard InChI is InChI=1S/C10H17NO3/c1-7-3-4-11(9(7)6-12)10(14)5-8(2)13/h7,9,12H,3-6H2,1-2H3. The molecule has 2 unspecified atom stereocenters. The molecule has 0 radical (unpaired) electrons. The smallest absolute Gasteiger partial charge is 0.230 e. The van der Waals surface area contributed by atoms with Crippen LogP contribution in [-0.2, 0) is 9.59 Å². The first-order valence-corrected chi connectivity index (χ1v) is 4.96. The number of Topliss-reactive ketones (excluding diaryl/α,β-unsaturated/α-hetero) is 1. The van der Waals surface area contributed by atoms with E-state index < -0.39 is 0 Å². The fourth-order valence-corrected chi connectivity index (χ4v) is 1.91. The second kappa shape index (κ2) is 4.55. The van der Waals surface area contributed by atoms with Crippen LogP contribution < -0.4 is 0 Å². The molecule has 14 heavy (non-hydrogen) atoms. The number of nitrogens with zero attached hydrogens (tertiary/aromatic N) is 1. The Bertz CT molecular complexity index is 240. The Kier molecular flexibility index (Phi) is 3.63. The number of hydrogen-bond acceptors (Lipinski definition) is 3. The third-order valence-electron chi connectivity index (χ3n) is 2.79. The maximum Gasteiger partial charge on any atom is 0.230 e. The van der Waals surface area contributed by atoms with Gasteiger partial charge < -0.3 is 10.0 Å². The molecule has 0 saturated carbocycles. The van der Waals surface area contributed by atoms with E-state index in [-0.39, 0.29) is 30.8 Å². The molecular formula is C10H17NO3. The molecule has 0 aromatic rings. The highest BCUT2D eigenvalue weighted by atomic mass is 16.3. The van der Waals surface area contributed by atoms with E-state index in [1.165, 1.54) is 6.92 Å². The van der Waals surface area contributed by atoms with Crippen molar-refractivity contribution in [1.82, 2.24) is 4.90 Å². The van der Waals surface area contributed by atoms with Crippen LogP contribution in [0.5, 0.6) is 0 Å². The summed E-state index contributed by atoms with van der Waals surface area (Å²) in [6, 6.07) is -0.0955. The summed E-state index contributed by atoms with van der Waals surface area (Å²) in [4.78, 5) is 24.0. The summed E-state index contributed by atoms with van der Waals surface area (Å²) in [6.45, 7) is 4.08. The molecule has 0 aromatic heterocycles. The van der Waals surface area contributed by atoms with E-state index in [1.807, 2.05) is 6.92 Å². The highest BCUT2D eigenvalue weighted by Crippen LogP contribution is 2.23. The zero-order valence-corrected chi connectivity index (χ0v) is 8.69. The summed E-state index contributed by atoms with van der Waals surface area (Å²) in [5.41, 5.74) is 0. The van der Waals surface area contributed by atoms with Crippen molar-refractivity contribution >= 4 is 11.7 Å². The maximum absolute atomic E-state index is 11.6. The van der Waals surface area contributed by atoms with Gasteiger partial charge in [-0.15, -0.1) is 0 Å². The lowest BCUT2D eigenvalue weighted by Crippen LogP contribution is -2.40. The SMILES string of the molecule is CC(=O)CC(=O)N1CCC(C)C1CO.